The smallest absolute Gasteiger partial charge is 0.150 e. The fourth-order valence-corrected chi connectivity index (χ4v) is 2.00. The molecule has 1 aromatic heterocycles. The molecule has 0 fully saturated rings. The van der Waals surface area contributed by atoms with Gasteiger partial charge in [-0.3, -0.25) is 4.79 Å². The van der Waals surface area contributed by atoms with Gasteiger partial charge in [-0.25, -0.2) is 0 Å². The lowest BCUT2D eigenvalue weighted by Gasteiger charge is -1.93. The lowest BCUT2D eigenvalue weighted by Crippen LogP contribution is -1.79. The van der Waals surface area contributed by atoms with E-state index < -0.39 is 0 Å². The van der Waals surface area contributed by atoms with Gasteiger partial charge in [0.2, 0.25) is 0 Å². The molecular weight excluding hydrogens is 236 g/mol. The maximum atomic E-state index is 10.7. The molecule has 92 valence electrons. The summed E-state index contributed by atoms with van der Waals surface area (Å²) in [6.45, 7) is 0. The molecule has 0 aliphatic carbocycles. The molecule has 0 unspecified atom stereocenters. The highest BCUT2D eigenvalue weighted by molar-refractivity contribution is 5.82. The molecule has 0 amide bonds. The summed E-state index contributed by atoms with van der Waals surface area (Å²) >= 11 is 0. The zero-order valence-corrected chi connectivity index (χ0v) is 10.2. The van der Waals surface area contributed by atoms with Crippen LogP contribution in [-0.2, 0) is 0 Å². The molecule has 0 atom stereocenters. The van der Waals surface area contributed by atoms with Crippen LogP contribution in [0.5, 0.6) is 0 Å². The Bertz CT molecular complexity index is 718. The summed E-state index contributed by atoms with van der Waals surface area (Å²) in [5.41, 5.74) is 2.53. The van der Waals surface area contributed by atoms with E-state index in [0.29, 0.717) is 5.56 Å². The fourth-order valence-electron chi connectivity index (χ4n) is 2.00. The van der Waals surface area contributed by atoms with Crippen LogP contribution in [-0.4, -0.2) is 6.29 Å². The first-order valence-electron chi connectivity index (χ1n) is 6.07. The molecule has 0 N–H and O–H groups in total. The molecule has 2 heteroatoms. The van der Waals surface area contributed by atoms with Gasteiger partial charge >= 0.3 is 0 Å². The quantitative estimate of drug-likeness (QED) is 0.642. The number of rotatable bonds is 3. The number of furan rings is 1. The molecule has 3 aromatic rings. The molecule has 0 aliphatic heterocycles. The van der Waals surface area contributed by atoms with Crippen molar-refractivity contribution in [2.24, 2.45) is 0 Å². The summed E-state index contributed by atoms with van der Waals surface area (Å²) in [6.07, 6.45) is 4.69. The molecule has 0 aliphatic rings. The predicted molar refractivity (Wildman–Crippen MR) is 77.0 cm³/mol. The summed E-state index contributed by atoms with van der Waals surface area (Å²) in [5, 5.41) is 1.09. The largest absolute Gasteiger partial charge is 0.457 e. The van der Waals surface area contributed by atoms with E-state index in [0.717, 1.165) is 28.6 Å². The average molecular weight is 248 g/mol. The molecule has 2 aromatic carbocycles. The summed E-state index contributed by atoms with van der Waals surface area (Å²) < 4.78 is 5.69. The van der Waals surface area contributed by atoms with E-state index >= 15 is 0 Å². The number of hydrogen-bond donors (Lipinski definition) is 0. The van der Waals surface area contributed by atoms with E-state index in [1.807, 2.05) is 60.7 Å². The van der Waals surface area contributed by atoms with E-state index in [-0.39, 0.29) is 0 Å². The Kier molecular flexibility index (Phi) is 2.99. The standard InChI is InChI=1S/C17H12O2/c18-12-14-5-3-4-13(10-14)8-9-16-11-15-6-1-2-7-17(15)19-16/h1-12H/b9-8+. The minimum Gasteiger partial charge on any atom is -0.457 e. The Labute approximate surface area is 111 Å². The molecule has 0 radical (unpaired) electrons. The van der Waals surface area contributed by atoms with Crippen molar-refractivity contribution in [1.29, 1.82) is 0 Å². The van der Waals surface area contributed by atoms with Crippen molar-refractivity contribution in [3.63, 3.8) is 0 Å². The van der Waals surface area contributed by atoms with Crippen LogP contribution in [0, 0.1) is 0 Å². The van der Waals surface area contributed by atoms with Crippen LogP contribution in [0.1, 0.15) is 21.7 Å². The summed E-state index contributed by atoms with van der Waals surface area (Å²) in [4.78, 5) is 10.7. The van der Waals surface area contributed by atoms with Gasteiger partial charge in [0.25, 0.3) is 0 Å². The van der Waals surface area contributed by atoms with Gasteiger partial charge in [-0.1, -0.05) is 42.5 Å². The third-order valence-corrected chi connectivity index (χ3v) is 2.93. The molecule has 0 saturated carbocycles. The first kappa shape index (κ1) is 11.5. The van der Waals surface area contributed by atoms with E-state index in [9.17, 15) is 4.79 Å². The molecular formula is C17H12O2. The Balaban J connectivity index is 1.90. The van der Waals surface area contributed by atoms with Crippen LogP contribution < -0.4 is 0 Å². The van der Waals surface area contributed by atoms with Crippen molar-refractivity contribution in [2.75, 3.05) is 0 Å². The summed E-state index contributed by atoms with van der Waals surface area (Å²) in [5.74, 6) is 0.803. The molecule has 0 saturated heterocycles. The van der Waals surface area contributed by atoms with E-state index in [1.165, 1.54) is 0 Å². The van der Waals surface area contributed by atoms with Gasteiger partial charge in [0, 0.05) is 10.9 Å². The van der Waals surface area contributed by atoms with Crippen LogP contribution in [0.25, 0.3) is 23.1 Å². The van der Waals surface area contributed by atoms with Gasteiger partial charge in [0.15, 0.2) is 0 Å². The van der Waals surface area contributed by atoms with Crippen molar-refractivity contribution in [2.45, 2.75) is 0 Å². The lowest BCUT2D eigenvalue weighted by molar-refractivity contribution is 0.112. The number of para-hydroxylation sites is 1. The monoisotopic (exact) mass is 248 g/mol. The van der Waals surface area contributed by atoms with Gasteiger partial charge in [-0.2, -0.15) is 0 Å². The number of fused-ring (bicyclic) bond motifs is 1. The minimum absolute atomic E-state index is 0.673. The van der Waals surface area contributed by atoms with Crippen LogP contribution in [0.4, 0.5) is 0 Å². The second-order valence-corrected chi connectivity index (χ2v) is 4.31. The second-order valence-electron chi connectivity index (χ2n) is 4.31. The van der Waals surface area contributed by atoms with Crippen molar-refractivity contribution in [1.82, 2.24) is 0 Å². The van der Waals surface area contributed by atoms with Crippen LogP contribution in [0.15, 0.2) is 59.0 Å². The first-order chi connectivity index (χ1) is 9.35. The van der Waals surface area contributed by atoms with Crippen LogP contribution in [0.3, 0.4) is 0 Å². The molecule has 2 nitrogen and oxygen atoms in total. The molecule has 19 heavy (non-hydrogen) atoms. The molecule has 0 spiro atoms. The zero-order chi connectivity index (χ0) is 13.1. The highest BCUT2D eigenvalue weighted by atomic mass is 16.3. The fraction of sp³-hybridized carbons (Fsp3) is 0. The van der Waals surface area contributed by atoms with Gasteiger partial charge in [0.05, 0.1) is 0 Å². The Morgan fingerprint density at radius 2 is 1.68 bits per heavy atom. The minimum atomic E-state index is 0.673. The number of carbonyl (C=O) groups is 1. The van der Waals surface area contributed by atoms with Crippen molar-refractivity contribution >= 4 is 29.4 Å². The number of benzene rings is 2. The zero-order valence-electron chi connectivity index (χ0n) is 10.2. The maximum absolute atomic E-state index is 10.7. The Morgan fingerprint density at radius 3 is 2.53 bits per heavy atom. The van der Waals surface area contributed by atoms with Gasteiger partial charge in [-0.15, -0.1) is 0 Å². The Morgan fingerprint density at radius 1 is 0.842 bits per heavy atom. The molecule has 1 heterocycles. The van der Waals surface area contributed by atoms with Crippen molar-refractivity contribution in [3.05, 3.63) is 71.5 Å². The highest BCUT2D eigenvalue weighted by Gasteiger charge is 1.99. The highest BCUT2D eigenvalue weighted by Crippen LogP contribution is 2.20. The third kappa shape index (κ3) is 2.47. The third-order valence-electron chi connectivity index (χ3n) is 2.93. The lowest BCUT2D eigenvalue weighted by atomic mass is 10.1. The number of carbonyl (C=O) groups excluding carboxylic acids is 1. The Hall–Kier alpha value is -2.61. The molecule has 0 bridgehead atoms. The van der Waals surface area contributed by atoms with Crippen LogP contribution >= 0.6 is 0 Å². The van der Waals surface area contributed by atoms with Gasteiger partial charge in [0.1, 0.15) is 17.6 Å². The number of aldehydes is 1. The predicted octanol–water partition coefficient (Wildman–Crippen LogP) is 4.42. The van der Waals surface area contributed by atoms with Crippen LogP contribution in [0.2, 0.25) is 0 Å². The second kappa shape index (κ2) is 4.94. The van der Waals surface area contributed by atoms with E-state index in [2.05, 4.69) is 0 Å². The maximum Gasteiger partial charge on any atom is 0.150 e. The van der Waals surface area contributed by atoms with Gasteiger partial charge < -0.3 is 4.42 Å². The van der Waals surface area contributed by atoms with E-state index in [4.69, 9.17) is 4.42 Å². The van der Waals surface area contributed by atoms with Crippen molar-refractivity contribution in [3.8, 4) is 0 Å². The number of hydrogen-bond acceptors (Lipinski definition) is 2. The molecule has 3 rings (SSSR count). The first-order valence-corrected chi connectivity index (χ1v) is 6.07. The van der Waals surface area contributed by atoms with Gasteiger partial charge in [-0.05, 0) is 29.8 Å². The normalized spacial score (nSPS) is 11.2. The SMILES string of the molecule is O=Cc1cccc(/C=C/c2cc3ccccc3o2)c1. The summed E-state index contributed by atoms with van der Waals surface area (Å²) in [6, 6.07) is 17.3. The summed E-state index contributed by atoms with van der Waals surface area (Å²) in [7, 11) is 0. The van der Waals surface area contributed by atoms with Crippen molar-refractivity contribution < 1.29 is 9.21 Å². The van der Waals surface area contributed by atoms with E-state index in [1.54, 1.807) is 6.07 Å². The average Bonchev–Trinajstić information content (AvgIpc) is 2.88. The topological polar surface area (TPSA) is 30.2 Å².